The standard InChI is InChI=1S/C20H22F3N3O/c21-20(22,23)16-6-7-17(19(24)27)18(12-16)15-8-10-26(11-9-15)25-13-14-4-2-1-3-5-14/h1-7,12,15,25H,8-11,13H2,(H2,24,27). The van der Waals surface area contributed by atoms with Crippen LogP contribution in [0.25, 0.3) is 0 Å². The molecule has 3 N–H and O–H groups in total. The van der Waals surface area contributed by atoms with Gasteiger partial charge in [-0.1, -0.05) is 30.3 Å². The first-order chi connectivity index (χ1) is 12.8. The normalized spacial score (nSPS) is 16.4. The van der Waals surface area contributed by atoms with Crippen LogP contribution in [0.2, 0.25) is 0 Å². The molecule has 0 atom stereocenters. The van der Waals surface area contributed by atoms with Crippen molar-refractivity contribution in [3.63, 3.8) is 0 Å². The van der Waals surface area contributed by atoms with Gasteiger partial charge in [-0.2, -0.15) is 13.2 Å². The summed E-state index contributed by atoms with van der Waals surface area (Å²) in [6.45, 7) is 2.07. The molecule has 1 saturated heterocycles. The number of amides is 1. The van der Waals surface area contributed by atoms with E-state index in [1.54, 1.807) is 0 Å². The van der Waals surface area contributed by atoms with E-state index < -0.39 is 17.6 Å². The molecule has 1 fully saturated rings. The zero-order valence-electron chi connectivity index (χ0n) is 14.8. The second kappa shape index (κ2) is 8.10. The second-order valence-corrected chi connectivity index (χ2v) is 6.75. The van der Waals surface area contributed by atoms with E-state index in [1.807, 2.05) is 30.3 Å². The first kappa shape index (κ1) is 19.4. The number of nitrogens with zero attached hydrogens (tertiary/aromatic N) is 1. The number of piperidine rings is 1. The van der Waals surface area contributed by atoms with E-state index in [1.165, 1.54) is 6.07 Å². The Morgan fingerprint density at radius 2 is 1.78 bits per heavy atom. The summed E-state index contributed by atoms with van der Waals surface area (Å²) in [6.07, 6.45) is -3.13. The van der Waals surface area contributed by atoms with E-state index in [4.69, 9.17) is 5.73 Å². The van der Waals surface area contributed by atoms with Crippen LogP contribution in [0.4, 0.5) is 13.2 Å². The van der Waals surface area contributed by atoms with Crippen molar-refractivity contribution in [2.24, 2.45) is 5.73 Å². The van der Waals surface area contributed by atoms with Crippen LogP contribution >= 0.6 is 0 Å². The molecule has 3 rings (SSSR count). The van der Waals surface area contributed by atoms with Crippen molar-refractivity contribution in [1.82, 2.24) is 10.4 Å². The monoisotopic (exact) mass is 377 g/mol. The number of alkyl halides is 3. The number of hydrogen-bond donors (Lipinski definition) is 2. The maximum atomic E-state index is 13.1. The van der Waals surface area contributed by atoms with Crippen LogP contribution in [-0.4, -0.2) is 24.0 Å². The predicted molar refractivity (Wildman–Crippen MR) is 96.8 cm³/mol. The minimum atomic E-state index is -4.44. The quantitative estimate of drug-likeness (QED) is 0.836. The molecule has 1 aliphatic heterocycles. The predicted octanol–water partition coefficient (Wildman–Crippen LogP) is 3.69. The van der Waals surface area contributed by atoms with Crippen LogP contribution < -0.4 is 11.2 Å². The van der Waals surface area contributed by atoms with Gasteiger partial charge in [0.25, 0.3) is 0 Å². The minimum absolute atomic E-state index is 0.121. The average molecular weight is 377 g/mol. The largest absolute Gasteiger partial charge is 0.416 e. The molecule has 1 aliphatic rings. The minimum Gasteiger partial charge on any atom is -0.366 e. The molecule has 0 radical (unpaired) electrons. The molecule has 0 spiro atoms. The fraction of sp³-hybridized carbons (Fsp3) is 0.350. The highest BCUT2D eigenvalue weighted by Crippen LogP contribution is 2.35. The van der Waals surface area contributed by atoms with Crippen molar-refractivity contribution < 1.29 is 18.0 Å². The molecular weight excluding hydrogens is 355 g/mol. The fourth-order valence-corrected chi connectivity index (χ4v) is 3.45. The second-order valence-electron chi connectivity index (χ2n) is 6.75. The number of primary amides is 1. The molecule has 0 saturated carbocycles. The first-order valence-corrected chi connectivity index (χ1v) is 8.88. The van der Waals surface area contributed by atoms with Gasteiger partial charge in [-0.05, 0) is 48.1 Å². The fourth-order valence-electron chi connectivity index (χ4n) is 3.45. The van der Waals surface area contributed by atoms with Crippen molar-refractivity contribution >= 4 is 5.91 Å². The zero-order valence-corrected chi connectivity index (χ0v) is 14.8. The van der Waals surface area contributed by atoms with Crippen LogP contribution in [0.3, 0.4) is 0 Å². The lowest BCUT2D eigenvalue weighted by Crippen LogP contribution is -2.43. The summed E-state index contributed by atoms with van der Waals surface area (Å²) in [5, 5.41) is 2.07. The Morgan fingerprint density at radius 3 is 2.37 bits per heavy atom. The van der Waals surface area contributed by atoms with E-state index in [9.17, 15) is 18.0 Å². The van der Waals surface area contributed by atoms with Crippen molar-refractivity contribution in [2.45, 2.75) is 31.5 Å². The third kappa shape index (κ3) is 4.87. The van der Waals surface area contributed by atoms with Gasteiger partial charge in [0.05, 0.1) is 5.56 Å². The molecule has 1 amide bonds. The summed E-state index contributed by atoms with van der Waals surface area (Å²) in [5.41, 5.74) is 9.72. The summed E-state index contributed by atoms with van der Waals surface area (Å²) in [4.78, 5) is 11.7. The van der Waals surface area contributed by atoms with E-state index in [0.717, 1.165) is 17.7 Å². The highest BCUT2D eigenvalue weighted by atomic mass is 19.4. The summed E-state index contributed by atoms with van der Waals surface area (Å²) in [6, 6.07) is 13.2. The van der Waals surface area contributed by atoms with Gasteiger partial charge < -0.3 is 5.73 Å². The van der Waals surface area contributed by atoms with Gasteiger partial charge in [0, 0.05) is 25.2 Å². The number of halogens is 3. The topological polar surface area (TPSA) is 58.4 Å². The third-order valence-corrected chi connectivity index (χ3v) is 4.93. The van der Waals surface area contributed by atoms with Gasteiger partial charge >= 0.3 is 6.18 Å². The van der Waals surface area contributed by atoms with E-state index in [2.05, 4.69) is 10.4 Å². The SMILES string of the molecule is NC(=O)c1ccc(C(F)(F)F)cc1C1CCN(NCc2ccccc2)CC1. The van der Waals surface area contributed by atoms with Crippen LogP contribution in [0.1, 0.15) is 45.8 Å². The molecule has 27 heavy (non-hydrogen) atoms. The third-order valence-electron chi connectivity index (χ3n) is 4.93. The Bertz CT molecular complexity index is 785. The average Bonchev–Trinajstić information content (AvgIpc) is 2.66. The number of nitrogens with two attached hydrogens (primary N) is 1. The maximum Gasteiger partial charge on any atom is 0.416 e. The van der Waals surface area contributed by atoms with E-state index in [-0.39, 0.29) is 11.5 Å². The molecule has 2 aromatic rings. The Balaban J connectivity index is 1.67. The summed E-state index contributed by atoms with van der Waals surface area (Å²) >= 11 is 0. The number of hydrogen-bond acceptors (Lipinski definition) is 3. The molecular formula is C20H22F3N3O. The van der Waals surface area contributed by atoms with Crippen molar-refractivity contribution in [2.75, 3.05) is 13.1 Å². The summed E-state index contributed by atoms with van der Waals surface area (Å²) in [5.74, 6) is -0.812. The van der Waals surface area contributed by atoms with Crippen LogP contribution in [-0.2, 0) is 12.7 Å². The molecule has 0 aliphatic carbocycles. The van der Waals surface area contributed by atoms with E-state index >= 15 is 0 Å². The van der Waals surface area contributed by atoms with Gasteiger partial charge in [0.1, 0.15) is 0 Å². The van der Waals surface area contributed by atoms with Crippen LogP contribution in [0.5, 0.6) is 0 Å². The lowest BCUT2D eigenvalue weighted by molar-refractivity contribution is -0.137. The molecule has 7 heteroatoms. The molecule has 1 heterocycles. The van der Waals surface area contributed by atoms with Crippen LogP contribution in [0, 0.1) is 0 Å². The van der Waals surface area contributed by atoms with Crippen LogP contribution in [0.15, 0.2) is 48.5 Å². The number of carbonyl (C=O) groups is 1. The van der Waals surface area contributed by atoms with Gasteiger partial charge in [0.2, 0.25) is 5.91 Å². The number of hydrazine groups is 1. The van der Waals surface area contributed by atoms with Crippen molar-refractivity contribution in [3.05, 3.63) is 70.8 Å². The Morgan fingerprint density at radius 1 is 1.11 bits per heavy atom. The van der Waals surface area contributed by atoms with Gasteiger partial charge in [-0.15, -0.1) is 0 Å². The molecule has 2 aromatic carbocycles. The zero-order chi connectivity index (χ0) is 19.4. The Kier molecular flexibility index (Phi) is 5.82. The Hall–Kier alpha value is -2.38. The molecule has 0 aromatic heterocycles. The number of carbonyl (C=O) groups excluding carboxylic acids is 1. The Labute approximate surface area is 156 Å². The first-order valence-electron chi connectivity index (χ1n) is 8.88. The van der Waals surface area contributed by atoms with Gasteiger partial charge in [-0.25, -0.2) is 5.01 Å². The number of benzene rings is 2. The van der Waals surface area contributed by atoms with Gasteiger partial charge in [0.15, 0.2) is 0 Å². The molecule has 4 nitrogen and oxygen atoms in total. The van der Waals surface area contributed by atoms with E-state index in [0.29, 0.717) is 38.0 Å². The molecule has 0 unspecified atom stereocenters. The summed E-state index contributed by atoms with van der Waals surface area (Å²) < 4.78 is 39.2. The number of nitrogens with one attached hydrogen (secondary N) is 1. The maximum absolute atomic E-state index is 13.1. The van der Waals surface area contributed by atoms with Gasteiger partial charge in [-0.3, -0.25) is 10.2 Å². The smallest absolute Gasteiger partial charge is 0.366 e. The highest BCUT2D eigenvalue weighted by Gasteiger charge is 2.33. The lowest BCUT2D eigenvalue weighted by Gasteiger charge is -2.33. The van der Waals surface area contributed by atoms with Crippen molar-refractivity contribution in [1.29, 1.82) is 0 Å². The lowest BCUT2D eigenvalue weighted by atomic mass is 9.85. The highest BCUT2D eigenvalue weighted by molar-refractivity contribution is 5.94. The molecule has 0 bridgehead atoms. The molecule has 144 valence electrons. The summed E-state index contributed by atoms with van der Waals surface area (Å²) in [7, 11) is 0. The number of rotatable bonds is 5. The van der Waals surface area contributed by atoms with Crippen molar-refractivity contribution in [3.8, 4) is 0 Å².